The number of hydrogen-bond donors (Lipinski definition) is 0. The molecule has 7 nitrogen and oxygen atoms in total. The summed E-state index contributed by atoms with van der Waals surface area (Å²) in [5.41, 5.74) is 0. The Morgan fingerprint density at radius 1 is 1.50 bits per heavy atom. The molecule has 3 rings (SSSR count). The fourth-order valence-corrected chi connectivity index (χ4v) is 4.38. The Labute approximate surface area is 145 Å². The number of hydrogen-bond acceptors (Lipinski definition) is 6. The van der Waals surface area contributed by atoms with E-state index < -0.39 is 4.92 Å². The van der Waals surface area contributed by atoms with Crippen molar-refractivity contribution in [3.8, 4) is 0 Å². The van der Waals surface area contributed by atoms with Crippen molar-refractivity contribution in [2.24, 2.45) is 13.0 Å². The Morgan fingerprint density at radius 2 is 2.29 bits per heavy atom. The average molecular weight is 349 g/mol. The minimum atomic E-state index is -0.411. The molecule has 0 saturated carbocycles. The maximum Gasteiger partial charge on any atom is 0.406 e. The molecule has 0 spiro atoms. The number of nitrogens with zero attached hydrogens (tertiary/aromatic N) is 5. The predicted octanol–water partition coefficient (Wildman–Crippen LogP) is 2.66. The number of nitro groups is 1. The van der Waals surface area contributed by atoms with Gasteiger partial charge in [-0.3, -0.25) is 9.47 Å². The molecule has 1 atom stereocenters. The van der Waals surface area contributed by atoms with Gasteiger partial charge < -0.3 is 15.0 Å². The lowest BCUT2D eigenvalue weighted by atomic mass is 10.1. The van der Waals surface area contributed by atoms with Crippen molar-refractivity contribution in [1.82, 2.24) is 14.5 Å². The third-order valence-corrected chi connectivity index (χ3v) is 5.48. The molecule has 130 valence electrons. The molecule has 2 aromatic heterocycles. The zero-order valence-corrected chi connectivity index (χ0v) is 15.1. The van der Waals surface area contributed by atoms with Gasteiger partial charge in [0.05, 0.1) is 0 Å². The van der Waals surface area contributed by atoms with E-state index in [2.05, 4.69) is 28.9 Å². The highest BCUT2D eigenvalue weighted by Crippen LogP contribution is 2.28. The quantitative estimate of drug-likeness (QED) is 0.592. The zero-order valence-electron chi connectivity index (χ0n) is 14.3. The second-order valence-corrected chi connectivity index (χ2v) is 7.91. The Kier molecular flexibility index (Phi) is 4.86. The molecule has 0 amide bonds. The number of anilines is 1. The van der Waals surface area contributed by atoms with Crippen molar-refractivity contribution in [1.29, 1.82) is 0 Å². The number of aryl methyl sites for hydroxylation is 2. The SMILES string of the molecule is Cc1ccc(CN2CCC(CN(C)c3c([N+](=O)[O-])ncn3C)C2)s1. The standard InChI is InChI=1S/C16H23N5O2S/c1-12-4-5-14(24-12)10-20-7-6-13(9-20)8-18(2)16-15(21(22)23)17-11-19(16)3/h4-5,11,13H,6-10H2,1-3H3. The average Bonchev–Trinajstić information content (AvgIpc) is 3.20. The molecule has 3 heterocycles. The predicted molar refractivity (Wildman–Crippen MR) is 95.6 cm³/mol. The Morgan fingerprint density at radius 3 is 2.96 bits per heavy atom. The first-order valence-electron chi connectivity index (χ1n) is 8.08. The Bertz CT molecular complexity index is 726. The fourth-order valence-electron chi connectivity index (χ4n) is 3.45. The highest BCUT2D eigenvalue weighted by molar-refractivity contribution is 7.11. The first-order valence-corrected chi connectivity index (χ1v) is 8.90. The summed E-state index contributed by atoms with van der Waals surface area (Å²) in [6.45, 7) is 6.07. The van der Waals surface area contributed by atoms with Crippen LogP contribution in [0.2, 0.25) is 0 Å². The highest BCUT2D eigenvalue weighted by Gasteiger charge is 2.28. The van der Waals surface area contributed by atoms with Crippen LogP contribution in [-0.2, 0) is 13.6 Å². The van der Waals surface area contributed by atoms with Gasteiger partial charge in [-0.05, 0) is 47.8 Å². The third kappa shape index (κ3) is 3.59. The summed E-state index contributed by atoms with van der Waals surface area (Å²) in [5, 5.41) is 11.1. The Balaban J connectivity index is 1.59. The van der Waals surface area contributed by atoms with Crippen LogP contribution < -0.4 is 4.90 Å². The van der Waals surface area contributed by atoms with E-state index in [0.29, 0.717) is 11.7 Å². The van der Waals surface area contributed by atoms with E-state index in [9.17, 15) is 10.1 Å². The van der Waals surface area contributed by atoms with Gasteiger partial charge in [0.1, 0.15) is 0 Å². The van der Waals surface area contributed by atoms with E-state index in [-0.39, 0.29) is 5.82 Å². The lowest BCUT2D eigenvalue weighted by Gasteiger charge is -2.22. The van der Waals surface area contributed by atoms with Gasteiger partial charge in [-0.2, -0.15) is 0 Å². The third-order valence-electron chi connectivity index (χ3n) is 4.50. The van der Waals surface area contributed by atoms with Gasteiger partial charge in [0.2, 0.25) is 12.1 Å². The van der Waals surface area contributed by atoms with Gasteiger partial charge in [0.25, 0.3) is 0 Å². The monoisotopic (exact) mass is 349 g/mol. The maximum atomic E-state index is 11.1. The van der Waals surface area contributed by atoms with Crippen molar-refractivity contribution < 1.29 is 4.92 Å². The van der Waals surface area contributed by atoms with Crippen molar-refractivity contribution in [3.63, 3.8) is 0 Å². The van der Waals surface area contributed by atoms with Crippen LogP contribution in [-0.4, -0.2) is 46.1 Å². The smallest absolute Gasteiger partial charge is 0.358 e. The van der Waals surface area contributed by atoms with E-state index >= 15 is 0 Å². The van der Waals surface area contributed by atoms with Crippen LogP contribution in [0.15, 0.2) is 18.5 Å². The minimum Gasteiger partial charge on any atom is -0.358 e. The zero-order chi connectivity index (χ0) is 17.3. The summed E-state index contributed by atoms with van der Waals surface area (Å²) in [6.07, 6.45) is 2.63. The van der Waals surface area contributed by atoms with Crippen LogP contribution in [0.3, 0.4) is 0 Å². The number of rotatable bonds is 6. The number of likely N-dealkylation sites (tertiary alicyclic amines) is 1. The van der Waals surface area contributed by atoms with E-state index in [1.807, 2.05) is 23.3 Å². The van der Waals surface area contributed by atoms with E-state index in [4.69, 9.17) is 0 Å². The van der Waals surface area contributed by atoms with Crippen molar-refractivity contribution in [2.45, 2.75) is 19.9 Å². The van der Waals surface area contributed by atoms with Crippen LogP contribution in [0.1, 0.15) is 16.2 Å². The largest absolute Gasteiger partial charge is 0.406 e. The van der Waals surface area contributed by atoms with E-state index in [1.165, 1.54) is 16.1 Å². The van der Waals surface area contributed by atoms with Gasteiger partial charge in [0, 0.05) is 43.5 Å². The molecule has 1 fully saturated rings. The number of imidazole rings is 1. The van der Waals surface area contributed by atoms with Crippen molar-refractivity contribution in [3.05, 3.63) is 38.3 Å². The molecule has 2 aromatic rings. The molecule has 0 bridgehead atoms. The molecular weight excluding hydrogens is 326 g/mol. The first-order chi connectivity index (χ1) is 11.4. The van der Waals surface area contributed by atoms with Gasteiger partial charge in [-0.25, -0.2) is 0 Å². The second kappa shape index (κ2) is 6.90. The number of thiophene rings is 1. The van der Waals surface area contributed by atoms with E-state index in [0.717, 1.165) is 32.6 Å². The van der Waals surface area contributed by atoms with Gasteiger partial charge in [0.15, 0.2) is 0 Å². The molecular formula is C16H23N5O2S. The van der Waals surface area contributed by atoms with Crippen LogP contribution in [0.5, 0.6) is 0 Å². The molecule has 24 heavy (non-hydrogen) atoms. The van der Waals surface area contributed by atoms with Gasteiger partial charge in [-0.1, -0.05) is 0 Å². The maximum absolute atomic E-state index is 11.1. The second-order valence-electron chi connectivity index (χ2n) is 6.54. The summed E-state index contributed by atoms with van der Waals surface area (Å²) in [4.78, 5) is 21.8. The lowest BCUT2D eigenvalue weighted by Crippen LogP contribution is -2.29. The molecule has 8 heteroatoms. The molecule has 0 aromatic carbocycles. The molecule has 1 aliphatic heterocycles. The fraction of sp³-hybridized carbons (Fsp3) is 0.562. The summed E-state index contributed by atoms with van der Waals surface area (Å²) in [7, 11) is 3.71. The highest BCUT2D eigenvalue weighted by atomic mass is 32.1. The van der Waals surface area contributed by atoms with Crippen LogP contribution >= 0.6 is 11.3 Å². The molecule has 1 unspecified atom stereocenters. The summed E-state index contributed by atoms with van der Waals surface area (Å²) in [5.74, 6) is 1.03. The van der Waals surface area contributed by atoms with Crippen LogP contribution in [0.25, 0.3) is 0 Å². The molecule has 1 saturated heterocycles. The normalized spacial score (nSPS) is 18.2. The first kappa shape index (κ1) is 16.9. The van der Waals surface area contributed by atoms with Crippen molar-refractivity contribution >= 4 is 23.0 Å². The topological polar surface area (TPSA) is 67.4 Å². The Hall–Kier alpha value is -1.93. The molecule has 1 aliphatic rings. The van der Waals surface area contributed by atoms with Gasteiger partial charge >= 0.3 is 5.82 Å². The summed E-state index contributed by atoms with van der Waals surface area (Å²) < 4.78 is 1.72. The van der Waals surface area contributed by atoms with Crippen molar-refractivity contribution in [2.75, 3.05) is 31.6 Å². The van der Waals surface area contributed by atoms with Crippen LogP contribution in [0.4, 0.5) is 11.6 Å². The number of aromatic nitrogens is 2. The molecule has 0 aliphatic carbocycles. The minimum absolute atomic E-state index is 0.0658. The lowest BCUT2D eigenvalue weighted by molar-refractivity contribution is -0.388. The van der Waals surface area contributed by atoms with E-state index in [1.54, 1.807) is 11.6 Å². The van der Waals surface area contributed by atoms with Crippen LogP contribution in [0, 0.1) is 23.0 Å². The summed E-state index contributed by atoms with van der Waals surface area (Å²) >= 11 is 1.86. The molecule has 0 radical (unpaired) electrons. The summed E-state index contributed by atoms with van der Waals surface area (Å²) in [6, 6.07) is 4.38. The van der Waals surface area contributed by atoms with Gasteiger partial charge in [-0.15, -0.1) is 11.3 Å². The molecule has 0 N–H and O–H groups in total.